The Hall–Kier alpha value is -1.10. The average Bonchev–Trinajstić information content (AvgIpc) is 3.20. The lowest BCUT2D eigenvalue weighted by Crippen LogP contribution is -2.16. The molecule has 0 aliphatic heterocycles. The van der Waals surface area contributed by atoms with Gasteiger partial charge in [0, 0.05) is 12.8 Å². The molecule has 0 aliphatic carbocycles. The molecule has 344 valence electrons. The van der Waals surface area contributed by atoms with Crippen molar-refractivity contribution in [2.45, 2.75) is 310 Å². The monoisotopic (exact) mass is 810 g/mol. The highest BCUT2D eigenvalue weighted by molar-refractivity contribution is 5.66. The zero-order valence-electron chi connectivity index (χ0n) is 39.7. The van der Waals surface area contributed by atoms with Crippen LogP contribution in [0.3, 0.4) is 0 Å². The van der Waals surface area contributed by atoms with Gasteiger partial charge in [-0.15, -0.1) is 0 Å². The number of aliphatic carboxylic acids is 2. The maximum Gasteiger partial charge on any atom is 0.303 e. The Morgan fingerprint density at radius 3 is 0.596 bits per heavy atom. The summed E-state index contributed by atoms with van der Waals surface area (Å²) in [6, 6.07) is 0. The molecule has 0 aromatic carbocycles. The van der Waals surface area contributed by atoms with E-state index < -0.39 is 11.9 Å². The molecule has 0 bridgehead atoms. The highest BCUT2D eigenvalue weighted by Gasteiger charge is 1.99. The fourth-order valence-corrected chi connectivity index (χ4v) is 7.48. The predicted molar refractivity (Wildman–Crippen MR) is 254 cm³/mol. The van der Waals surface area contributed by atoms with Crippen molar-refractivity contribution in [2.75, 3.05) is 13.1 Å². The summed E-state index contributed by atoms with van der Waals surface area (Å²) in [5, 5.41) is 20.6. The van der Waals surface area contributed by atoms with E-state index in [4.69, 9.17) is 10.2 Å². The van der Waals surface area contributed by atoms with Gasteiger partial charge in [-0.2, -0.15) is 0 Å². The van der Waals surface area contributed by atoms with Crippen molar-refractivity contribution < 1.29 is 19.8 Å². The van der Waals surface area contributed by atoms with Crippen LogP contribution >= 0.6 is 0 Å². The van der Waals surface area contributed by atoms with Crippen LogP contribution in [0.15, 0.2) is 0 Å². The van der Waals surface area contributed by atoms with Crippen LogP contribution in [0, 0.1) is 0 Å². The van der Waals surface area contributed by atoms with Crippen LogP contribution in [0.2, 0.25) is 0 Å². The van der Waals surface area contributed by atoms with Gasteiger partial charge in [0.25, 0.3) is 0 Å². The maximum absolute atomic E-state index is 10.3. The molecular formula is C52H107NO4. The van der Waals surface area contributed by atoms with E-state index >= 15 is 0 Å². The van der Waals surface area contributed by atoms with E-state index in [1.54, 1.807) is 0 Å². The van der Waals surface area contributed by atoms with Crippen molar-refractivity contribution in [3.63, 3.8) is 0 Å². The lowest BCUT2D eigenvalue weighted by Gasteiger charge is -2.05. The second-order valence-electron chi connectivity index (χ2n) is 17.5. The molecule has 0 aliphatic rings. The smallest absolute Gasteiger partial charge is 0.303 e. The minimum absolute atomic E-state index is 0.345. The molecular weight excluding hydrogens is 703 g/mol. The van der Waals surface area contributed by atoms with Gasteiger partial charge in [0.15, 0.2) is 0 Å². The second kappa shape index (κ2) is 59.2. The van der Waals surface area contributed by atoms with Crippen LogP contribution < -0.4 is 5.32 Å². The van der Waals surface area contributed by atoms with Gasteiger partial charge < -0.3 is 15.5 Å². The molecule has 0 aromatic rings. The van der Waals surface area contributed by atoms with Gasteiger partial charge >= 0.3 is 11.9 Å². The minimum atomic E-state index is -0.654. The molecule has 0 unspecified atom stereocenters. The number of hydrogen-bond donors (Lipinski definition) is 3. The van der Waals surface area contributed by atoms with Gasteiger partial charge in [0.2, 0.25) is 0 Å². The summed E-state index contributed by atoms with van der Waals surface area (Å²) in [4.78, 5) is 20.6. The highest BCUT2D eigenvalue weighted by Crippen LogP contribution is 2.15. The molecule has 3 N–H and O–H groups in total. The Morgan fingerprint density at radius 1 is 0.263 bits per heavy atom. The van der Waals surface area contributed by atoms with Crippen LogP contribution in [0.4, 0.5) is 0 Å². The Labute approximate surface area is 359 Å². The first kappa shape index (κ1) is 60.2. The first-order valence-corrected chi connectivity index (χ1v) is 26.1. The Morgan fingerprint density at radius 2 is 0.421 bits per heavy atom. The van der Waals surface area contributed by atoms with Crippen LogP contribution in [0.25, 0.3) is 0 Å². The van der Waals surface area contributed by atoms with Crippen LogP contribution in [0.1, 0.15) is 310 Å². The van der Waals surface area contributed by atoms with Crippen LogP contribution in [-0.2, 0) is 9.59 Å². The summed E-state index contributed by atoms with van der Waals surface area (Å²) in [6.45, 7) is 11.6. The summed E-state index contributed by atoms with van der Waals surface area (Å²) in [7, 11) is 0. The molecule has 0 saturated carbocycles. The molecule has 5 nitrogen and oxygen atoms in total. The summed E-state index contributed by atoms with van der Waals surface area (Å²) in [5.41, 5.74) is 0. The fraction of sp³-hybridized carbons (Fsp3) is 0.962. The highest BCUT2D eigenvalue weighted by atomic mass is 16.4. The van der Waals surface area contributed by atoms with Gasteiger partial charge in [-0.05, 0) is 38.8 Å². The van der Waals surface area contributed by atoms with Crippen molar-refractivity contribution in [1.82, 2.24) is 5.32 Å². The minimum Gasteiger partial charge on any atom is -0.481 e. The maximum atomic E-state index is 10.3. The third-order valence-corrected chi connectivity index (χ3v) is 11.4. The van der Waals surface area contributed by atoms with Gasteiger partial charge in [-0.25, -0.2) is 0 Å². The lowest BCUT2D eigenvalue weighted by molar-refractivity contribution is -0.138. The van der Waals surface area contributed by atoms with Crippen LogP contribution in [-0.4, -0.2) is 35.2 Å². The van der Waals surface area contributed by atoms with E-state index in [2.05, 4.69) is 33.0 Å². The van der Waals surface area contributed by atoms with Crippen molar-refractivity contribution in [3.8, 4) is 0 Å². The number of carboxylic acids is 2. The molecule has 0 amide bonds. The summed E-state index contributed by atoms with van der Waals surface area (Å²) >= 11 is 0. The molecule has 0 atom stereocenters. The van der Waals surface area contributed by atoms with E-state index in [1.165, 1.54) is 257 Å². The van der Waals surface area contributed by atoms with E-state index in [9.17, 15) is 9.59 Å². The quantitative estimate of drug-likeness (QED) is 0.0533. The van der Waals surface area contributed by atoms with E-state index in [1.807, 2.05) is 0 Å². The fourth-order valence-electron chi connectivity index (χ4n) is 7.48. The predicted octanol–water partition coefficient (Wildman–Crippen LogP) is 18.0. The van der Waals surface area contributed by atoms with E-state index in [-0.39, 0.29) is 0 Å². The zero-order chi connectivity index (χ0) is 42.4. The lowest BCUT2D eigenvalue weighted by atomic mass is 10.0. The molecule has 0 fully saturated rings. The molecule has 0 heterocycles. The van der Waals surface area contributed by atoms with Crippen molar-refractivity contribution in [3.05, 3.63) is 0 Å². The van der Waals surface area contributed by atoms with Gasteiger partial charge in [-0.3, -0.25) is 9.59 Å². The number of carboxylic acid groups (broad SMARTS) is 2. The average molecular weight is 810 g/mol. The Balaban J connectivity index is -0.000000767. The number of unbranched alkanes of at least 4 members (excludes halogenated alkanes) is 38. The first-order valence-electron chi connectivity index (χ1n) is 26.1. The molecule has 57 heavy (non-hydrogen) atoms. The van der Waals surface area contributed by atoms with Gasteiger partial charge in [0.1, 0.15) is 0 Å². The third kappa shape index (κ3) is 69.8. The SMILES string of the molecule is CCCCCCCCCCCCCCCCC(=O)O.CCCCCCCCCCCCCCCCC(=O)O.CCCCCCCCCCNCCCCCCCC. The molecule has 5 heteroatoms. The largest absolute Gasteiger partial charge is 0.481 e. The summed E-state index contributed by atoms with van der Waals surface area (Å²) < 4.78 is 0. The standard InChI is InChI=1S/C18H39N.2C17H34O2/c1-3-5-7-9-11-12-14-16-18-19-17-15-13-10-8-6-4-2;2*1-2-3-4-5-6-7-8-9-10-11-12-13-14-15-16-17(18)19/h19H,3-18H2,1-2H3;2*2-16H2,1H3,(H,18,19). The molecule has 0 saturated heterocycles. The van der Waals surface area contributed by atoms with E-state index in [0.717, 1.165) is 25.7 Å². The van der Waals surface area contributed by atoms with Gasteiger partial charge in [0.05, 0.1) is 0 Å². The Kier molecular flexibility index (Phi) is 62.5. The normalized spacial score (nSPS) is 10.9. The molecule has 0 rings (SSSR count). The number of hydrogen-bond acceptors (Lipinski definition) is 3. The topological polar surface area (TPSA) is 86.6 Å². The van der Waals surface area contributed by atoms with Crippen molar-refractivity contribution >= 4 is 11.9 Å². The molecule has 0 spiro atoms. The zero-order valence-corrected chi connectivity index (χ0v) is 39.7. The summed E-state index contributed by atoms with van der Waals surface area (Å²) in [6.07, 6.45) is 57.3. The Bertz CT molecular complexity index is 656. The van der Waals surface area contributed by atoms with Crippen molar-refractivity contribution in [1.29, 1.82) is 0 Å². The van der Waals surface area contributed by atoms with Crippen LogP contribution in [0.5, 0.6) is 0 Å². The number of carbonyl (C=O) groups is 2. The van der Waals surface area contributed by atoms with Crippen molar-refractivity contribution in [2.24, 2.45) is 0 Å². The number of nitrogens with one attached hydrogen (secondary N) is 1. The van der Waals surface area contributed by atoms with Gasteiger partial charge in [-0.1, -0.05) is 272 Å². The third-order valence-electron chi connectivity index (χ3n) is 11.4. The van der Waals surface area contributed by atoms with E-state index in [0.29, 0.717) is 12.8 Å². The summed E-state index contributed by atoms with van der Waals surface area (Å²) in [5.74, 6) is -1.31. The first-order chi connectivity index (χ1) is 28.0. The number of rotatable bonds is 46. The second-order valence-corrected chi connectivity index (χ2v) is 17.5. The molecule has 0 radical (unpaired) electrons. The molecule has 0 aromatic heterocycles.